The van der Waals surface area contributed by atoms with Crippen LogP contribution in [0.5, 0.6) is 0 Å². The maximum absolute atomic E-state index is 14.0. The first-order valence-electron chi connectivity index (χ1n) is 24.9. The molecule has 1 unspecified atom stereocenters. The normalized spacial score (nSPS) is 15.4. The van der Waals surface area contributed by atoms with Crippen LogP contribution in [0, 0.1) is 16.7 Å². The molecule has 0 aromatic heterocycles. The molecule has 1 aliphatic carbocycles. The van der Waals surface area contributed by atoms with Gasteiger partial charge >= 0.3 is 7.82 Å². The third-order valence-electron chi connectivity index (χ3n) is 12.2. The quantitative estimate of drug-likeness (QED) is 0.0458. The molecule has 1 atom stereocenters. The highest BCUT2D eigenvalue weighted by atomic mass is 31.2. The number of rotatable bonds is 39. The number of hydrogen-bond donors (Lipinski definition) is 0. The third-order valence-corrected chi connectivity index (χ3v) is 13.6. The van der Waals surface area contributed by atoms with Gasteiger partial charge in [-0.1, -0.05) is 266 Å². The Morgan fingerprint density at radius 2 is 0.786 bits per heavy atom. The van der Waals surface area contributed by atoms with E-state index in [1.54, 1.807) is 0 Å². The Morgan fingerprint density at radius 3 is 1.07 bits per heavy atom. The number of phosphoric acid groups is 1. The van der Waals surface area contributed by atoms with Crippen LogP contribution < -0.4 is 0 Å². The van der Waals surface area contributed by atoms with E-state index in [0.29, 0.717) is 19.1 Å². The van der Waals surface area contributed by atoms with Crippen molar-refractivity contribution >= 4 is 7.82 Å². The van der Waals surface area contributed by atoms with Gasteiger partial charge in [-0.25, -0.2) is 4.57 Å². The van der Waals surface area contributed by atoms with Crippen LogP contribution in [0.2, 0.25) is 0 Å². The van der Waals surface area contributed by atoms with Crippen molar-refractivity contribution < 1.29 is 18.1 Å². The molecule has 0 aromatic rings. The van der Waals surface area contributed by atoms with Crippen LogP contribution in [0.25, 0.3) is 0 Å². The standard InChI is InChI=1S/C51H99O4P/c1-9-11-13-15-17-19-21-23-25-27-29-31-33-35-37-39-41-53-56(52,55-46-47-43-48(50(3,4)5)45-49(44-47)51(6,7)8)54-42-40-38-36-34-32-30-28-26-24-22-20-18-16-14-12-10-2/h43-44,48H,9-42,45-46H2,1-8H3. The van der Waals surface area contributed by atoms with E-state index in [1.165, 1.54) is 185 Å². The molecule has 4 nitrogen and oxygen atoms in total. The number of unbranched alkanes of at least 4 members (excludes halogenated alkanes) is 30. The van der Waals surface area contributed by atoms with Gasteiger partial charge in [0.25, 0.3) is 0 Å². The molecule has 5 heteroatoms. The second kappa shape index (κ2) is 34.3. The van der Waals surface area contributed by atoms with Crippen LogP contribution in [-0.2, 0) is 18.1 Å². The molecule has 0 aromatic carbocycles. The fourth-order valence-corrected chi connectivity index (χ4v) is 9.21. The third kappa shape index (κ3) is 30.6. The highest BCUT2D eigenvalue weighted by Crippen LogP contribution is 2.51. The molecular weight excluding hydrogens is 708 g/mol. The topological polar surface area (TPSA) is 44.8 Å². The molecule has 0 aliphatic heterocycles. The molecule has 1 rings (SSSR count). The summed E-state index contributed by atoms with van der Waals surface area (Å²) in [5, 5.41) is 0. The molecular formula is C51H99O4P. The van der Waals surface area contributed by atoms with Gasteiger partial charge in [-0.2, -0.15) is 0 Å². The highest BCUT2D eigenvalue weighted by Gasteiger charge is 2.32. The van der Waals surface area contributed by atoms with Crippen LogP contribution >= 0.6 is 7.82 Å². The second-order valence-electron chi connectivity index (χ2n) is 19.8. The Morgan fingerprint density at radius 1 is 0.482 bits per heavy atom. The first-order chi connectivity index (χ1) is 26.9. The van der Waals surface area contributed by atoms with Crippen LogP contribution in [0.15, 0.2) is 23.3 Å². The summed E-state index contributed by atoms with van der Waals surface area (Å²) in [6.07, 6.45) is 48.2. The number of hydrogen-bond acceptors (Lipinski definition) is 4. The van der Waals surface area contributed by atoms with Gasteiger partial charge in [0.15, 0.2) is 0 Å². The van der Waals surface area contributed by atoms with Crippen LogP contribution in [0.4, 0.5) is 0 Å². The van der Waals surface area contributed by atoms with Gasteiger partial charge in [-0.05, 0) is 41.6 Å². The lowest BCUT2D eigenvalue weighted by Crippen LogP contribution is -2.25. The molecule has 0 spiro atoms. The predicted molar refractivity (Wildman–Crippen MR) is 248 cm³/mol. The van der Waals surface area contributed by atoms with Crippen molar-refractivity contribution in [3.8, 4) is 0 Å². The van der Waals surface area contributed by atoms with Crippen LogP contribution in [0.3, 0.4) is 0 Å². The van der Waals surface area contributed by atoms with Crippen molar-refractivity contribution in [2.75, 3.05) is 19.8 Å². The zero-order valence-corrected chi connectivity index (χ0v) is 40.2. The zero-order chi connectivity index (χ0) is 41.2. The van der Waals surface area contributed by atoms with Gasteiger partial charge < -0.3 is 0 Å². The second-order valence-corrected chi connectivity index (χ2v) is 21.5. The molecule has 56 heavy (non-hydrogen) atoms. The minimum absolute atomic E-state index is 0.0835. The van der Waals surface area contributed by atoms with E-state index in [1.807, 2.05) is 0 Å². The summed E-state index contributed by atoms with van der Waals surface area (Å²) < 4.78 is 32.2. The monoisotopic (exact) mass is 807 g/mol. The van der Waals surface area contributed by atoms with Crippen molar-refractivity contribution in [3.05, 3.63) is 23.3 Å². The number of allylic oxidation sites excluding steroid dienone is 2. The molecule has 0 amide bonds. The van der Waals surface area contributed by atoms with Gasteiger partial charge in [0.05, 0.1) is 19.8 Å². The van der Waals surface area contributed by atoms with E-state index in [4.69, 9.17) is 13.6 Å². The van der Waals surface area contributed by atoms with E-state index in [-0.39, 0.29) is 17.4 Å². The minimum atomic E-state index is -3.66. The zero-order valence-electron chi connectivity index (χ0n) is 39.3. The van der Waals surface area contributed by atoms with E-state index in [9.17, 15) is 4.57 Å². The van der Waals surface area contributed by atoms with E-state index < -0.39 is 7.82 Å². The molecule has 1 aliphatic rings. The summed E-state index contributed by atoms with van der Waals surface area (Å²) >= 11 is 0. The van der Waals surface area contributed by atoms with Crippen molar-refractivity contribution in [1.82, 2.24) is 0 Å². The Hall–Kier alpha value is -0.410. The molecule has 0 heterocycles. The van der Waals surface area contributed by atoms with Crippen LogP contribution in [0.1, 0.15) is 267 Å². The Balaban J connectivity index is 2.40. The highest BCUT2D eigenvalue weighted by molar-refractivity contribution is 7.48. The fourth-order valence-electron chi connectivity index (χ4n) is 7.97. The lowest BCUT2D eigenvalue weighted by atomic mass is 9.69. The summed E-state index contributed by atoms with van der Waals surface area (Å²) in [4.78, 5) is 0. The Labute approximate surface area is 351 Å². The molecule has 0 saturated heterocycles. The van der Waals surface area contributed by atoms with Gasteiger partial charge in [-0.15, -0.1) is 0 Å². The lowest BCUT2D eigenvalue weighted by Gasteiger charge is -2.36. The first kappa shape index (κ1) is 53.6. The van der Waals surface area contributed by atoms with E-state index in [0.717, 1.165) is 37.7 Å². The number of phosphoric ester groups is 1. The molecule has 0 N–H and O–H groups in total. The maximum Gasteiger partial charge on any atom is 0.475 e. The van der Waals surface area contributed by atoms with Gasteiger partial charge in [0.2, 0.25) is 0 Å². The average Bonchev–Trinajstić information content (AvgIpc) is 3.15. The van der Waals surface area contributed by atoms with Gasteiger partial charge in [0.1, 0.15) is 0 Å². The molecule has 332 valence electrons. The summed E-state index contributed by atoms with van der Waals surface area (Å²) in [7, 11) is -3.66. The SMILES string of the molecule is CCCCCCCCCCCCCCCCCCOP(=O)(OCCCCCCCCCCCCCCCCCC)OCC1=CC(C(C)(C)C)CC(C(C)(C)C)=C1. The summed E-state index contributed by atoms with van der Waals surface area (Å²) in [6, 6.07) is 0. The van der Waals surface area contributed by atoms with Crippen molar-refractivity contribution in [2.24, 2.45) is 16.7 Å². The fraction of sp³-hybridized carbons (Fsp3) is 0.922. The molecule has 0 saturated carbocycles. The van der Waals surface area contributed by atoms with Crippen LogP contribution in [-0.4, -0.2) is 19.8 Å². The van der Waals surface area contributed by atoms with Crippen molar-refractivity contribution in [1.29, 1.82) is 0 Å². The van der Waals surface area contributed by atoms with Gasteiger partial charge in [0, 0.05) is 0 Å². The minimum Gasteiger partial charge on any atom is -0.287 e. The molecule has 0 fully saturated rings. The smallest absolute Gasteiger partial charge is 0.287 e. The largest absolute Gasteiger partial charge is 0.475 e. The van der Waals surface area contributed by atoms with Gasteiger partial charge in [-0.3, -0.25) is 13.6 Å². The summed E-state index contributed by atoms with van der Waals surface area (Å²) in [5.74, 6) is 0.414. The van der Waals surface area contributed by atoms with Crippen molar-refractivity contribution in [2.45, 2.75) is 267 Å². The predicted octanol–water partition coefficient (Wildman–Crippen LogP) is 18.6. The summed E-state index contributed by atoms with van der Waals surface area (Å²) in [6.45, 7) is 19.5. The first-order valence-corrected chi connectivity index (χ1v) is 26.3. The Kier molecular flexibility index (Phi) is 32.9. The lowest BCUT2D eigenvalue weighted by molar-refractivity contribution is 0.116. The molecule has 0 bridgehead atoms. The maximum atomic E-state index is 14.0. The Bertz CT molecular complexity index is 960. The van der Waals surface area contributed by atoms with E-state index in [2.05, 4.69) is 67.5 Å². The summed E-state index contributed by atoms with van der Waals surface area (Å²) in [5.41, 5.74) is 2.75. The average molecular weight is 807 g/mol. The van der Waals surface area contributed by atoms with E-state index >= 15 is 0 Å². The van der Waals surface area contributed by atoms with Crippen molar-refractivity contribution in [3.63, 3.8) is 0 Å². The molecule has 0 radical (unpaired) electrons.